The van der Waals surface area contributed by atoms with E-state index in [4.69, 9.17) is 0 Å². The Hall–Kier alpha value is -3.43. The molecule has 0 aliphatic carbocycles. The number of anilines is 1. The molecule has 31 heavy (non-hydrogen) atoms. The first-order valence-corrected chi connectivity index (χ1v) is 11.2. The minimum absolute atomic E-state index is 0.0391. The van der Waals surface area contributed by atoms with E-state index in [1.807, 2.05) is 24.3 Å². The number of carbonyl (C=O) groups is 1. The summed E-state index contributed by atoms with van der Waals surface area (Å²) in [6, 6.07) is 12.9. The summed E-state index contributed by atoms with van der Waals surface area (Å²) in [6.07, 6.45) is 7.35. The van der Waals surface area contributed by atoms with Crippen molar-refractivity contribution in [2.75, 3.05) is 4.90 Å². The van der Waals surface area contributed by atoms with Crippen LogP contribution in [0.5, 0.6) is 0 Å². The summed E-state index contributed by atoms with van der Waals surface area (Å²) in [5.41, 5.74) is 2.94. The zero-order valence-corrected chi connectivity index (χ0v) is 18.2. The summed E-state index contributed by atoms with van der Waals surface area (Å²) >= 11 is 2.49. The van der Waals surface area contributed by atoms with E-state index in [0.29, 0.717) is 16.6 Å². The van der Waals surface area contributed by atoms with E-state index in [9.17, 15) is 14.9 Å². The Morgan fingerprint density at radius 2 is 2.06 bits per heavy atom. The van der Waals surface area contributed by atoms with E-state index < -0.39 is 4.92 Å². The average molecular weight is 451 g/mol. The van der Waals surface area contributed by atoms with Crippen LogP contribution in [-0.4, -0.2) is 20.8 Å². The van der Waals surface area contributed by atoms with E-state index in [0.717, 1.165) is 33.5 Å². The molecule has 0 saturated carbocycles. The van der Waals surface area contributed by atoms with Crippen LogP contribution in [0.1, 0.15) is 22.9 Å². The largest absolute Gasteiger partial charge is 0.324 e. The van der Waals surface area contributed by atoms with E-state index >= 15 is 0 Å². The summed E-state index contributed by atoms with van der Waals surface area (Å²) < 4.78 is 1.02. The molecule has 0 aliphatic heterocycles. The number of carbonyl (C=O) groups excluding carboxylic acids is 1. The lowest BCUT2D eigenvalue weighted by atomic mass is 10.2. The molecule has 3 heterocycles. The van der Waals surface area contributed by atoms with Gasteiger partial charge in [-0.1, -0.05) is 41.7 Å². The second kappa shape index (κ2) is 9.15. The summed E-state index contributed by atoms with van der Waals surface area (Å²) in [5, 5.41) is 11.5. The molecular formula is C22H18N4O3S2. The molecule has 4 aromatic rings. The molecule has 4 rings (SSSR count). The standard InChI is InChI=1S/C22H18N4O3S2/c1-2-15-5-8-18-19(12-15)31-22(24-18)25(14-16-4-3-11-23-13-16)20(27)9-6-17-7-10-21(30-17)26(28)29/h3-13H,2,14H2,1H3/b9-6+. The fraction of sp³-hybridized carbons (Fsp3) is 0.136. The zero-order chi connectivity index (χ0) is 21.8. The quantitative estimate of drug-likeness (QED) is 0.212. The number of hydrogen-bond acceptors (Lipinski definition) is 7. The average Bonchev–Trinajstić information content (AvgIpc) is 3.43. The van der Waals surface area contributed by atoms with Crippen molar-refractivity contribution in [1.29, 1.82) is 0 Å². The third kappa shape index (κ3) is 4.84. The number of nitro groups is 1. The maximum Gasteiger partial charge on any atom is 0.324 e. The van der Waals surface area contributed by atoms with Crippen molar-refractivity contribution >= 4 is 55.0 Å². The third-order valence-corrected chi connectivity index (χ3v) is 6.64. The van der Waals surface area contributed by atoms with Gasteiger partial charge in [-0.25, -0.2) is 4.98 Å². The number of rotatable bonds is 7. The normalized spacial score (nSPS) is 11.3. The van der Waals surface area contributed by atoms with Crippen molar-refractivity contribution in [2.24, 2.45) is 0 Å². The molecule has 9 heteroatoms. The van der Waals surface area contributed by atoms with E-state index in [1.165, 1.54) is 29.0 Å². The molecule has 156 valence electrons. The molecular weight excluding hydrogens is 432 g/mol. The van der Waals surface area contributed by atoms with Gasteiger partial charge in [0.2, 0.25) is 0 Å². The topological polar surface area (TPSA) is 89.2 Å². The van der Waals surface area contributed by atoms with Crippen molar-refractivity contribution in [3.8, 4) is 0 Å². The monoisotopic (exact) mass is 450 g/mol. The second-order valence-corrected chi connectivity index (χ2v) is 8.81. The van der Waals surface area contributed by atoms with Gasteiger partial charge in [0.25, 0.3) is 5.91 Å². The van der Waals surface area contributed by atoms with Crippen LogP contribution in [0.25, 0.3) is 16.3 Å². The second-order valence-electron chi connectivity index (χ2n) is 6.70. The number of hydrogen-bond donors (Lipinski definition) is 0. The summed E-state index contributed by atoms with van der Waals surface area (Å²) in [4.78, 5) is 34.6. The third-order valence-electron chi connectivity index (χ3n) is 4.59. The molecule has 1 amide bonds. The van der Waals surface area contributed by atoms with Gasteiger partial charge >= 0.3 is 5.00 Å². The SMILES string of the molecule is CCc1ccc2nc(N(Cc3cccnc3)C(=O)/C=C/c3ccc([N+](=O)[O-])s3)sc2c1. The van der Waals surface area contributed by atoms with Crippen molar-refractivity contribution in [2.45, 2.75) is 19.9 Å². The van der Waals surface area contributed by atoms with Crippen molar-refractivity contribution in [1.82, 2.24) is 9.97 Å². The molecule has 0 bridgehead atoms. The highest BCUT2D eigenvalue weighted by Gasteiger charge is 2.19. The lowest BCUT2D eigenvalue weighted by Gasteiger charge is -2.18. The summed E-state index contributed by atoms with van der Waals surface area (Å²) in [5.74, 6) is -0.255. The molecule has 0 N–H and O–H groups in total. The molecule has 0 fully saturated rings. The number of thiophene rings is 1. The first-order chi connectivity index (χ1) is 15.0. The van der Waals surface area contributed by atoms with Gasteiger partial charge in [0, 0.05) is 29.4 Å². The van der Waals surface area contributed by atoms with Gasteiger partial charge in [0.15, 0.2) is 5.13 Å². The van der Waals surface area contributed by atoms with Crippen molar-refractivity contribution in [3.63, 3.8) is 0 Å². The molecule has 1 aromatic carbocycles. The van der Waals surface area contributed by atoms with E-state index in [1.54, 1.807) is 29.4 Å². The number of thiazole rings is 1. The number of benzene rings is 1. The molecule has 0 spiro atoms. The Balaban J connectivity index is 1.65. The first kappa shape index (κ1) is 20.8. The Morgan fingerprint density at radius 1 is 1.19 bits per heavy atom. The van der Waals surface area contributed by atoms with Gasteiger partial charge in [0.05, 0.1) is 21.7 Å². The van der Waals surface area contributed by atoms with Crippen LogP contribution in [0.3, 0.4) is 0 Å². The van der Waals surface area contributed by atoms with Crippen LogP contribution in [0.4, 0.5) is 10.1 Å². The number of nitrogens with zero attached hydrogens (tertiary/aromatic N) is 4. The number of amides is 1. The lowest BCUT2D eigenvalue weighted by Crippen LogP contribution is -2.28. The van der Waals surface area contributed by atoms with Crippen LogP contribution < -0.4 is 4.90 Å². The van der Waals surface area contributed by atoms with E-state index in [-0.39, 0.29) is 10.9 Å². The lowest BCUT2D eigenvalue weighted by molar-refractivity contribution is -0.380. The predicted octanol–water partition coefficient (Wildman–Crippen LogP) is 5.47. The van der Waals surface area contributed by atoms with Gasteiger partial charge in [-0.3, -0.25) is 24.8 Å². The van der Waals surface area contributed by atoms with Crippen LogP contribution in [0.15, 0.2) is 60.9 Å². The Labute approximate surface area is 186 Å². The zero-order valence-electron chi connectivity index (χ0n) is 16.6. The highest BCUT2D eigenvalue weighted by molar-refractivity contribution is 7.22. The first-order valence-electron chi connectivity index (χ1n) is 9.55. The van der Waals surface area contributed by atoms with Gasteiger partial charge in [-0.05, 0) is 47.9 Å². The van der Waals surface area contributed by atoms with Crippen molar-refractivity contribution < 1.29 is 9.72 Å². The fourth-order valence-corrected chi connectivity index (χ4v) is 4.74. The molecule has 0 atom stereocenters. The molecule has 7 nitrogen and oxygen atoms in total. The highest BCUT2D eigenvalue weighted by Crippen LogP contribution is 2.31. The Morgan fingerprint density at radius 3 is 2.77 bits per heavy atom. The number of pyridine rings is 1. The summed E-state index contributed by atoms with van der Waals surface area (Å²) in [7, 11) is 0. The highest BCUT2D eigenvalue weighted by atomic mass is 32.1. The smallest absolute Gasteiger partial charge is 0.280 e. The van der Waals surface area contributed by atoms with E-state index in [2.05, 4.69) is 23.0 Å². The van der Waals surface area contributed by atoms with Crippen molar-refractivity contribution in [3.05, 3.63) is 87.1 Å². The molecule has 0 unspecified atom stereocenters. The number of aryl methyl sites for hydroxylation is 1. The predicted molar refractivity (Wildman–Crippen MR) is 124 cm³/mol. The fourth-order valence-electron chi connectivity index (χ4n) is 2.98. The van der Waals surface area contributed by atoms with Crippen LogP contribution in [0.2, 0.25) is 0 Å². The Bertz CT molecular complexity index is 1260. The maximum atomic E-state index is 13.1. The van der Waals surface area contributed by atoms with Crippen LogP contribution in [-0.2, 0) is 17.8 Å². The summed E-state index contributed by atoms with van der Waals surface area (Å²) in [6.45, 7) is 2.42. The van der Waals surface area contributed by atoms with Crippen LogP contribution >= 0.6 is 22.7 Å². The molecule has 0 aliphatic rings. The molecule has 3 aromatic heterocycles. The van der Waals surface area contributed by atoms with Gasteiger partial charge < -0.3 is 0 Å². The minimum atomic E-state index is -0.440. The van der Waals surface area contributed by atoms with Gasteiger partial charge in [-0.15, -0.1) is 0 Å². The number of fused-ring (bicyclic) bond motifs is 1. The maximum absolute atomic E-state index is 13.1. The van der Waals surface area contributed by atoms with Gasteiger partial charge in [0.1, 0.15) is 0 Å². The Kier molecular flexibility index (Phi) is 6.15. The number of aromatic nitrogens is 2. The van der Waals surface area contributed by atoms with Crippen LogP contribution in [0, 0.1) is 10.1 Å². The van der Waals surface area contributed by atoms with Gasteiger partial charge in [-0.2, -0.15) is 0 Å². The molecule has 0 radical (unpaired) electrons. The molecule has 0 saturated heterocycles. The minimum Gasteiger partial charge on any atom is -0.280 e.